The van der Waals surface area contributed by atoms with E-state index in [1.807, 2.05) is 0 Å². The van der Waals surface area contributed by atoms with Gasteiger partial charge >= 0.3 is 0 Å². The van der Waals surface area contributed by atoms with Crippen LogP contribution in [0.5, 0.6) is 5.75 Å². The number of benzene rings is 2. The number of amides is 3. The molecule has 0 spiro atoms. The Balaban J connectivity index is 1.91. The third-order valence-electron chi connectivity index (χ3n) is 3.11. The average molecular weight is 327 g/mol. The molecule has 0 unspecified atom stereocenters. The summed E-state index contributed by atoms with van der Waals surface area (Å²) in [4.78, 5) is 34.9. The van der Waals surface area contributed by atoms with Crippen molar-refractivity contribution >= 4 is 23.4 Å². The molecule has 2 aromatic carbocycles. The maximum Gasteiger partial charge on any atom is 0.269 e. The number of anilines is 1. The largest absolute Gasteiger partial charge is 0.497 e. The molecule has 3 N–H and O–H groups in total. The molecule has 3 amide bonds. The van der Waals surface area contributed by atoms with Crippen molar-refractivity contribution in [3.63, 3.8) is 0 Å². The van der Waals surface area contributed by atoms with Gasteiger partial charge in [-0.3, -0.25) is 25.2 Å². The van der Waals surface area contributed by atoms with Gasteiger partial charge in [0, 0.05) is 23.7 Å². The Labute approximate surface area is 139 Å². The van der Waals surface area contributed by atoms with E-state index >= 15 is 0 Å². The van der Waals surface area contributed by atoms with Crippen molar-refractivity contribution in [1.29, 1.82) is 0 Å². The van der Waals surface area contributed by atoms with Crippen molar-refractivity contribution < 1.29 is 19.1 Å². The summed E-state index contributed by atoms with van der Waals surface area (Å²) < 4.78 is 5.01. The van der Waals surface area contributed by atoms with Gasteiger partial charge < -0.3 is 10.1 Å². The molecule has 0 aliphatic heterocycles. The molecule has 0 saturated carbocycles. The highest BCUT2D eigenvalue weighted by Gasteiger charge is 2.09. The summed E-state index contributed by atoms with van der Waals surface area (Å²) in [5.41, 5.74) is 5.98. The lowest BCUT2D eigenvalue weighted by Crippen LogP contribution is -2.41. The van der Waals surface area contributed by atoms with Gasteiger partial charge in [0.05, 0.1) is 7.11 Å². The Hall–Kier alpha value is -3.35. The fraction of sp³-hybridized carbons (Fsp3) is 0.118. The number of hydrazine groups is 1. The number of carbonyl (C=O) groups excluding carboxylic acids is 3. The molecular weight excluding hydrogens is 310 g/mol. The fourth-order valence-electron chi connectivity index (χ4n) is 1.91. The number of hydrogen-bond donors (Lipinski definition) is 3. The standard InChI is InChI=1S/C17H17N3O4/c1-11(21)18-14-7-3-12(4-8-14)16(22)19-20-17(23)13-5-9-15(24-2)10-6-13/h3-10H,1-2H3,(H,18,21)(H,19,22)(H,20,23). The molecule has 24 heavy (non-hydrogen) atoms. The fourth-order valence-corrected chi connectivity index (χ4v) is 1.91. The Morgan fingerprint density at radius 3 is 1.67 bits per heavy atom. The second-order valence-corrected chi connectivity index (χ2v) is 4.90. The summed E-state index contributed by atoms with van der Waals surface area (Å²) >= 11 is 0. The van der Waals surface area contributed by atoms with E-state index in [0.717, 1.165) is 0 Å². The summed E-state index contributed by atoms with van der Waals surface area (Å²) in [6, 6.07) is 12.8. The van der Waals surface area contributed by atoms with Gasteiger partial charge in [0.15, 0.2) is 0 Å². The van der Waals surface area contributed by atoms with Crippen molar-refractivity contribution in [2.45, 2.75) is 6.92 Å². The zero-order valence-electron chi connectivity index (χ0n) is 13.3. The van der Waals surface area contributed by atoms with Gasteiger partial charge in [-0.15, -0.1) is 0 Å². The summed E-state index contributed by atoms with van der Waals surface area (Å²) in [5.74, 6) is -0.471. The number of rotatable bonds is 4. The van der Waals surface area contributed by atoms with Crippen LogP contribution in [0.1, 0.15) is 27.6 Å². The van der Waals surface area contributed by atoms with Crippen LogP contribution < -0.4 is 20.9 Å². The van der Waals surface area contributed by atoms with Gasteiger partial charge in [0.2, 0.25) is 5.91 Å². The lowest BCUT2D eigenvalue weighted by atomic mass is 10.2. The third kappa shape index (κ3) is 4.57. The van der Waals surface area contributed by atoms with E-state index in [4.69, 9.17) is 4.74 Å². The molecule has 0 radical (unpaired) electrons. The third-order valence-corrected chi connectivity index (χ3v) is 3.11. The van der Waals surface area contributed by atoms with E-state index in [9.17, 15) is 14.4 Å². The molecule has 124 valence electrons. The minimum absolute atomic E-state index is 0.195. The molecule has 0 aliphatic carbocycles. The van der Waals surface area contributed by atoms with E-state index in [2.05, 4.69) is 16.2 Å². The van der Waals surface area contributed by atoms with Crippen LogP contribution in [0, 0.1) is 0 Å². The summed E-state index contributed by atoms with van der Waals surface area (Å²) in [5, 5.41) is 2.60. The summed E-state index contributed by atoms with van der Waals surface area (Å²) in [6.07, 6.45) is 0. The molecule has 0 heterocycles. The van der Waals surface area contributed by atoms with E-state index in [1.165, 1.54) is 14.0 Å². The van der Waals surface area contributed by atoms with Crippen molar-refractivity contribution in [2.75, 3.05) is 12.4 Å². The predicted octanol–water partition coefficient (Wildman–Crippen LogP) is 1.73. The van der Waals surface area contributed by atoms with Gasteiger partial charge in [0.1, 0.15) is 5.75 Å². The van der Waals surface area contributed by atoms with Crippen LogP contribution in [-0.2, 0) is 4.79 Å². The number of ether oxygens (including phenoxy) is 1. The highest BCUT2D eigenvalue weighted by molar-refractivity contribution is 5.99. The molecule has 7 heteroatoms. The maximum absolute atomic E-state index is 12.0. The number of carbonyl (C=O) groups is 3. The molecule has 0 bridgehead atoms. The molecule has 2 rings (SSSR count). The van der Waals surface area contributed by atoms with Crippen LogP contribution in [0.25, 0.3) is 0 Å². The van der Waals surface area contributed by atoms with Gasteiger partial charge in [0.25, 0.3) is 11.8 Å². The van der Waals surface area contributed by atoms with Gasteiger partial charge in [-0.05, 0) is 48.5 Å². The van der Waals surface area contributed by atoms with Crippen LogP contribution in [0.2, 0.25) is 0 Å². The Bertz CT molecular complexity index is 739. The molecule has 2 aromatic rings. The van der Waals surface area contributed by atoms with Crippen molar-refractivity contribution in [1.82, 2.24) is 10.9 Å². The highest BCUT2D eigenvalue weighted by atomic mass is 16.5. The first-order valence-electron chi connectivity index (χ1n) is 7.12. The van der Waals surface area contributed by atoms with Crippen molar-refractivity contribution in [3.05, 3.63) is 59.7 Å². The zero-order chi connectivity index (χ0) is 17.5. The molecule has 0 atom stereocenters. The molecule has 7 nitrogen and oxygen atoms in total. The SMILES string of the molecule is COc1ccc(C(=O)NNC(=O)c2ccc(NC(C)=O)cc2)cc1. The second kappa shape index (κ2) is 7.77. The van der Waals surface area contributed by atoms with Crippen molar-refractivity contribution in [2.24, 2.45) is 0 Å². The lowest BCUT2D eigenvalue weighted by Gasteiger charge is -2.08. The Morgan fingerprint density at radius 2 is 1.25 bits per heavy atom. The van der Waals surface area contributed by atoms with Crippen LogP contribution in [-0.4, -0.2) is 24.8 Å². The monoisotopic (exact) mass is 327 g/mol. The van der Waals surface area contributed by atoms with Gasteiger partial charge in [-0.2, -0.15) is 0 Å². The number of methoxy groups -OCH3 is 1. The first kappa shape index (κ1) is 17.0. The summed E-state index contributed by atoms with van der Waals surface area (Å²) in [6.45, 7) is 1.40. The van der Waals surface area contributed by atoms with E-state index in [0.29, 0.717) is 22.6 Å². The highest BCUT2D eigenvalue weighted by Crippen LogP contribution is 2.11. The first-order chi connectivity index (χ1) is 11.5. The van der Waals surface area contributed by atoms with Crippen molar-refractivity contribution in [3.8, 4) is 5.75 Å². The van der Waals surface area contributed by atoms with Crippen LogP contribution in [0.15, 0.2) is 48.5 Å². The smallest absolute Gasteiger partial charge is 0.269 e. The van der Waals surface area contributed by atoms with Crippen LogP contribution in [0.4, 0.5) is 5.69 Å². The summed E-state index contributed by atoms with van der Waals surface area (Å²) in [7, 11) is 1.53. The minimum Gasteiger partial charge on any atom is -0.497 e. The maximum atomic E-state index is 12.0. The minimum atomic E-state index is -0.466. The topological polar surface area (TPSA) is 96.5 Å². The van der Waals surface area contributed by atoms with E-state index < -0.39 is 11.8 Å². The average Bonchev–Trinajstić information content (AvgIpc) is 2.59. The molecule has 0 aromatic heterocycles. The quantitative estimate of drug-likeness (QED) is 0.745. The van der Waals surface area contributed by atoms with E-state index in [-0.39, 0.29) is 5.91 Å². The van der Waals surface area contributed by atoms with E-state index in [1.54, 1.807) is 48.5 Å². The zero-order valence-corrected chi connectivity index (χ0v) is 13.3. The normalized spacial score (nSPS) is 9.75. The molecular formula is C17H17N3O4. The lowest BCUT2D eigenvalue weighted by molar-refractivity contribution is -0.114. The first-order valence-corrected chi connectivity index (χ1v) is 7.12. The molecule has 0 aliphatic rings. The van der Waals surface area contributed by atoms with Gasteiger partial charge in [-0.25, -0.2) is 0 Å². The molecule has 0 saturated heterocycles. The Morgan fingerprint density at radius 1 is 0.792 bits per heavy atom. The Kier molecular flexibility index (Phi) is 5.51. The predicted molar refractivity (Wildman–Crippen MR) is 88.7 cm³/mol. The molecule has 0 fully saturated rings. The van der Waals surface area contributed by atoms with Crippen LogP contribution >= 0.6 is 0 Å². The number of hydrogen-bond acceptors (Lipinski definition) is 4. The number of nitrogens with one attached hydrogen (secondary N) is 3. The van der Waals surface area contributed by atoms with Gasteiger partial charge in [-0.1, -0.05) is 0 Å². The van der Waals surface area contributed by atoms with Crippen LogP contribution in [0.3, 0.4) is 0 Å². The second-order valence-electron chi connectivity index (χ2n) is 4.90.